The lowest BCUT2D eigenvalue weighted by Gasteiger charge is -1.95. The summed E-state index contributed by atoms with van der Waals surface area (Å²) in [5, 5.41) is 0. The van der Waals surface area contributed by atoms with Crippen LogP contribution in [0, 0.1) is 5.92 Å². The molecule has 0 aliphatic rings. The van der Waals surface area contributed by atoms with E-state index in [1.54, 1.807) is 0 Å². The monoisotopic (exact) mass is 155 g/mol. The Morgan fingerprint density at radius 3 is 2.55 bits per heavy atom. The first-order valence-electron chi connectivity index (χ1n) is 4.06. The van der Waals surface area contributed by atoms with Gasteiger partial charge in [-0.1, -0.05) is 26.0 Å². The molecule has 0 aliphatic carbocycles. The average molecular weight is 155 g/mol. The minimum atomic E-state index is -0.223. The summed E-state index contributed by atoms with van der Waals surface area (Å²) in [4.78, 5) is 10.3. The van der Waals surface area contributed by atoms with Crippen molar-refractivity contribution in [3.63, 3.8) is 0 Å². The predicted molar refractivity (Wildman–Crippen MR) is 47.0 cm³/mol. The molecule has 2 N–H and O–H groups in total. The van der Waals surface area contributed by atoms with Gasteiger partial charge in [-0.3, -0.25) is 4.79 Å². The van der Waals surface area contributed by atoms with Gasteiger partial charge in [-0.05, 0) is 18.8 Å². The van der Waals surface area contributed by atoms with Gasteiger partial charge >= 0.3 is 0 Å². The van der Waals surface area contributed by atoms with E-state index in [1.807, 2.05) is 6.08 Å². The fourth-order valence-electron chi connectivity index (χ4n) is 0.712. The second kappa shape index (κ2) is 5.96. The van der Waals surface area contributed by atoms with Crippen LogP contribution in [0.15, 0.2) is 12.2 Å². The number of hydrogen-bond donors (Lipinski definition) is 1. The van der Waals surface area contributed by atoms with Crippen LogP contribution in [0.25, 0.3) is 0 Å². The average Bonchev–Trinajstić information content (AvgIpc) is 1.85. The van der Waals surface area contributed by atoms with E-state index in [4.69, 9.17) is 5.73 Å². The summed E-state index contributed by atoms with van der Waals surface area (Å²) in [5.74, 6) is 0.471. The zero-order chi connectivity index (χ0) is 8.69. The SMILES string of the molecule is CC(C)CC=CCCC(N)=O. The van der Waals surface area contributed by atoms with Gasteiger partial charge in [0.15, 0.2) is 0 Å². The van der Waals surface area contributed by atoms with Crippen molar-refractivity contribution in [2.75, 3.05) is 0 Å². The van der Waals surface area contributed by atoms with Gasteiger partial charge in [-0.25, -0.2) is 0 Å². The molecule has 0 aromatic rings. The number of amides is 1. The van der Waals surface area contributed by atoms with E-state index in [0.717, 1.165) is 12.8 Å². The molecule has 2 heteroatoms. The van der Waals surface area contributed by atoms with Crippen LogP contribution in [0.1, 0.15) is 33.1 Å². The zero-order valence-electron chi connectivity index (χ0n) is 7.34. The Hall–Kier alpha value is -0.790. The molecule has 0 saturated heterocycles. The maximum Gasteiger partial charge on any atom is 0.217 e. The van der Waals surface area contributed by atoms with E-state index in [1.165, 1.54) is 0 Å². The lowest BCUT2D eigenvalue weighted by atomic mass is 10.1. The van der Waals surface area contributed by atoms with Gasteiger partial charge in [0.2, 0.25) is 5.91 Å². The lowest BCUT2D eigenvalue weighted by Crippen LogP contribution is -2.08. The van der Waals surface area contributed by atoms with Gasteiger partial charge in [-0.2, -0.15) is 0 Å². The molecule has 0 fully saturated rings. The van der Waals surface area contributed by atoms with E-state index in [9.17, 15) is 4.79 Å². The van der Waals surface area contributed by atoms with E-state index >= 15 is 0 Å². The van der Waals surface area contributed by atoms with Crippen molar-refractivity contribution in [2.24, 2.45) is 11.7 Å². The molecule has 0 saturated carbocycles. The van der Waals surface area contributed by atoms with Crippen LogP contribution >= 0.6 is 0 Å². The summed E-state index contributed by atoms with van der Waals surface area (Å²) in [6, 6.07) is 0. The van der Waals surface area contributed by atoms with Crippen molar-refractivity contribution < 1.29 is 4.79 Å². The second-order valence-electron chi connectivity index (χ2n) is 3.11. The van der Waals surface area contributed by atoms with Crippen molar-refractivity contribution in [1.82, 2.24) is 0 Å². The molecule has 0 aliphatic heterocycles. The fraction of sp³-hybridized carbons (Fsp3) is 0.667. The van der Waals surface area contributed by atoms with Gasteiger partial charge in [-0.15, -0.1) is 0 Å². The Labute approximate surface area is 68.5 Å². The second-order valence-corrected chi connectivity index (χ2v) is 3.11. The standard InChI is InChI=1S/C9H17NO/c1-8(2)6-4-3-5-7-9(10)11/h3-4,8H,5-7H2,1-2H3,(H2,10,11). The van der Waals surface area contributed by atoms with Crippen LogP contribution in [0.5, 0.6) is 0 Å². The molecule has 0 rings (SSSR count). The minimum absolute atomic E-state index is 0.223. The van der Waals surface area contributed by atoms with Gasteiger partial charge < -0.3 is 5.73 Å². The summed E-state index contributed by atoms with van der Waals surface area (Å²) in [7, 11) is 0. The van der Waals surface area contributed by atoms with Crippen molar-refractivity contribution in [3.05, 3.63) is 12.2 Å². The van der Waals surface area contributed by atoms with Gasteiger partial charge in [0.1, 0.15) is 0 Å². The highest BCUT2D eigenvalue weighted by Crippen LogP contribution is 2.01. The molecular weight excluding hydrogens is 138 g/mol. The van der Waals surface area contributed by atoms with Gasteiger partial charge in [0.25, 0.3) is 0 Å². The maximum atomic E-state index is 10.3. The molecule has 0 atom stereocenters. The molecule has 0 aromatic carbocycles. The predicted octanol–water partition coefficient (Wildman–Crippen LogP) is 1.85. The number of hydrogen-bond acceptors (Lipinski definition) is 1. The Morgan fingerprint density at radius 2 is 2.09 bits per heavy atom. The zero-order valence-corrected chi connectivity index (χ0v) is 7.34. The smallest absolute Gasteiger partial charge is 0.217 e. The summed E-state index contributed by atoms with van der Waals surface area (Å²) in [6.07, 6.45) is 6.45. The van der Waals surface area contributed by atoms with Crippen LogP contribution in [0.4, 0.5) is 0 Å². The fourth-order valence-corrected chi connectivity index (χ4v) is 0.712. The first-order valence-corrected chi connectivity index (χ1v) is 4.06. The number of rotatable bonds is 5. The van der Waals surface area contributed by atoms with Crippen molar-refractivity contribution in [2.45, 2.75) is 33.1 Å². The summed E-state index contributed by atoms with van der Waals surface area (Å²) < 4.78 is 0. The van der Waals surface area contributed by atoms with E-state index in [0.29, 0.717) is 12.3 Å². The van der Waals surface area contributed by atoms with Crippen molar-refractivity contribution in [3.8, 4) is 0 Å². The normalized spacial score (nSPS) is 11.2. The quantitative estimate of drug-likeness (QED) is 0.605. The van der Waals surface area contributed by atoms with Gasteiger partial charge in [0.05, 0.1) is 0 Å². The molecule has 0 bridgehead atoms. The Kier molecular flexibility index (Phi) is 5.53. The molecule has 1 amide bonds. The third-order valence-corrected chi connectivity index (χ3v) is 1.33. The molecule has 0 spiro atoms. The van der Waals surface area contributed by atoms with Crippen LogP contribution in [-0.2, 0) is 4.79 Å². The Balaban J connectivity index is 3.23. The number of carbonyl (C=O) groups is 1. The largest absolute Gasteiger partial charge is 0.370 e. The number of nitrogens with two attached hydrogens (primary N) is 1. The van der Waals surface area contributed by atoms with Crippen molar-refractivity contribution >= 4 is 5.91 Å². The molecule has 64 valence electrons. The third kappa shape index (κ3) is 9.21. The highest BCUT2D eigenvalue weighted by atomic mass is 16.1. The lowest BCUT2D eigenvalue weighted by molar-refractivity contribution is -0.117. The molecule has 0 heterocycles. The Bertz CT molecular complexity index is 138. The highest BCUT2D eigenvalue weighted by Gasteiger charge is 1.90. The van der Waals surface area contributed by atoms with Crippen LogP contribution in [0.3, 0.4) is 0 Å². The first-order chi connectivity index (χ1) is 5.13. The summed E-state index contributed by atoms with van der Waals surface area (Å²) in [5.41, 5.74) is 4.96. The maximum absolute atomic E-state index is 10.3. The summed E-state index contributed by atoms with van der Waals surface area (Å²) >= 11 is 0. The van der Waals surface area contributed by atoms with E-state index < -0.39 is 0 Å². The van der Waals surface area contributed by atoms with E-state index in [2.05, 4.69) is 19.9 Å². The molecule has 0 aromatic heterocycles. The van der Waals surface area contributed by atoms with Crippen molar-refractivity contribution in [1.29, 1.82) is 0 Å². The van der Waals surface area contributed by atoms with Gasteiger partial charge in [0, 0.05) is 6.42 Å². The number of allylic oxidation sites excluding steroid dienone is 2. The molecule has 0 radical (unpaired) electrons. The Morgan fingerprint density at radius 1 is 1.45 bits per heavy atom. The van der Waals surface area contributed by atoms with E-state index in [-0.39, 0.29) is 5.91 Å². The number of carbonyl (C=O) groups excluding carboxylic acids is 1. The van der Waals surface area contributed by atoms with Crippen LogP contribution in [-0.4, -0.2) is 5.91 Å². The topological polar surface area (TPSA) is 43.1 Å². The number of primary amides is 1. The molecule has 11 heavy (non-hydrogen) atoms. The molecule has 2 nitrogen and oxygen atoms in total. The summed E-state index contributed by atoms with van der Waals surface area (Å²) in [6.45, 7) is 4.33. The van der Waals surface area contributed by atoms with Crippen LogP contribution in [0.2, 0.25) is 0 Å². The first kappa shape index (κ1) is 10.2. The highest BCUT2D eigenvalue weighted by molar-refractivity contribution is 5.73. The molecular formula is C9H17NO. The third-order valence-electron chi connectivity index (χ3n) is 1.33. The van der Waals surface area contributed by atoms with Crippen LogP contribution < -0.4 is 5.73 Å². The molecule has 0 unspecified atom stereocenters. The minimum Gasteiger partial charge on any atom is -0.370 e.